The molecule has 0 spiro atoms. The van der Waals surface area contributed by atoms with Gasteiger partial charge in [-0.3, -0.25) is 0 Å². The molecule has 0 N–H and O–H groups in total. The fourth-order valence-electron chi connectivity index (χ4n) is 4.70. The second kappa shape index (κ2) is 7.26. The molecule has 0 bridgehead atoms. The largest absolute Gasteiger partial charge is 0.246 e. The van der Waals surface area contributed by atoms with E-state index < -0.39 is 0 Å². The molecule has 0 saturated carbocycles. The summed E-state index contributed by atoms with van der Waals surface area (Å²) in [5, 5.41) is 4.97. The van der Waals surface area contributed by atoms with Crippen LogP contribution < -0.4 is 0 Å². The number of fused-ring (bicyclic) bond motifs is 5. The molecule has 0 atom stereocenters. The fraction of sp³-hybridized carbons (Fsp3) is 0. The number of aromatic nitrogens is 1. The number of benzene rings is 5. The Labute approximate surface area is 195 Å². The minimum absolute atomic E-state index is 1.04. The van der Waals surface area contributed by atoms with Crippen LogP contribution in [0.15, 0.2) is 115 Å². The van der Waals surface area contributed by atoms with Crippen molar-refractivity contribution >= 4 is 53.3 Å². The third-order valence-electron chi connectivity index (χ3n) is 6.44. The Kier molecular flexibility index (Phi) is 4.08. The molecule has 0 aliphatic carbocycles. The van der Waals surface area contributed by atoms with Crippen LogP contribution >= 0.6 is 11.3 Å². The molecular formula is C31H19NS. The maximum Gasteiger partial charge on any atom is 0.0896 e. The molecule has 1 nitrogen and oxygen atoms in total. The van der Waals surface area contributed by atoms with Crippen LogP contribution in [0, 0.1) is 0 Å². The van der Waals surface area contributed by atoms with Gasteiger partial charge in [0, 0.05) is 15.5 Å². The number of hydrogen-bond donors (Lipinski definition) is 0. The van der Waals surface area contributed by atoms with Gasteiger partial charge < -0.3 is 0 Å². The number of pyridine rings is 1. The van der Waals surface area contributed by atoms with Crippen LogP contribution in [0.5, 0.6) is 0 Å². The number of nitrogens with zero attached hydrogens (tertiary/aromatic N) is 1. The van der Waals surface area contributed by atoms with Crippen molar-refractivity contribution in [3.8, 4) is 22.3 Å². The maximum atomic E-state index is 4.99. The summed E-state index contributed by atoms with van der Waals surface area (Å²) in [5.74, 6) is 0. The highest BCUT2D eigenvalue weighted by atomic mass is 32.1. The molecule has 5 aromatic carbocycles. The number of rotatable bonds is 2. The van der Waals surface area contributed by atoms with Crippen molar-refractivity contribution in [2.24, 2.45) is 0 Å². The molecule has 0 aliphatic heterocycles. The highest BCUT2D eigenvalue weighted by molar-refractivity contribution is 7.25. The molecular weight excluding hydrogens is 418 g/mol. The normalized spacial score (nSPS) is 11.6. The van der Waals surface area contributed by atoms with Gasteiger partial charge in [0.15, 0.2) is 0 Å². The quantitative estimate of drug-likeness (QED) is 0.263. The van der Waals surface area contributed by atoms with E-state index in [4.69, 9.17) is 4.98 Å². The van der Waals surface area contributed by atoms with E-state index in [2.05, 4.69) is 115 Å². The van der Waals surface area contributed by atoms with Crippen molar-refractivity contribution in [3.05, 3.63) is 115 Å². The standard InChI is InChI=1S/C31H19NS/c1-2-6-23-17-24(14-13-20(23)5-1)21-9-11-22(12-10-21)25-15-16-28-26(18-25)19-30-31(32-28)27-7-3-4-8-29(27)33-30/h1-19H. The lowest BCUT2D eigenvalue weighted by Gasteiger charge is -2.08. The summed E-state index contributed by atoms with van der Waals surface area (Å²) in [4.78, 5) is 4.99. The second-order valence-electron chi connectivity index (χ2n) is 8.48. The van der Waals surface area contributed by atoms with Crippen molar-refractivity contribution in [1.82, 2.24) is 4.98 Å². The number of thiophene rings is 1. The van der Waals surface area contributed by atoms with E-state index in [-0.39, 0.29) is 0 Å². The van der Waals surface area contributed by atoms with Gasteiger partial charge in [-0.15, -0.1) is 11.3 Å². The molecule has 33 heavy (non-hydrogen) atoms. The summed E-state index contributed by atoms with van der Waals surface area (Å²) >= 11 is 1.82. The average Bonchev–Trinajstić information content (AvgIpc) is 3.24. The van der Waals surface area contributed by atoms with Gasteiger partial charge in [-0.2, -0.15) is 0 Å². The van der Waals surface area contributed by atoms with Crippen LogP contribution in [0.3, 0.4) is 0 Å². The molecule has 0 saturated heterocycles. The van der Waals surface area contributed by atoms with Gasteiger partial charge in [-0.1, -0.05) is 84.9 Å². The molecule has 7 rings (SSSR count). The number of hydrogen-bond acceptors (Lipinski definition) is 2. The summed E-state index contributed by atoms with van der Waals surface area (Å²) < 4.78 is 2.53. The van der Waals surface area contributed by atoms with Gasteiger partial charge in [-0.05, 0) is 63.4 Å². The molecule has 2 heterocycles. The van der Waals surface area contributed by atoms with Gasteiger partial charge in [0.1, 0.15) is 0 Å². The maximum absolute atomic E-state index is 4.99. The van der Waals surface area contributed by atoms with Crippen LogP contribution in [0.4, 0.5) is 0 Å². The third-order valence-corrected chi connectivity index (χ3v) is 7.55. The van der Waals surface area contributed by atoms with Gasteiger partial charge in [0.25, 0.3) is 0 Å². The molecule has 0 amide bonds. The Hall–Kier alpha value is -4.01. The lowest BCUT2D eigenvalue weighted by atomic mass is 9.98. The molecule has 0 radical (unpaired) electrons. The third kappa shape index (κ3) is 3.11. The predicted octanol–water partition coefficient (Wildman–Crippen LogP) is 9.09. The summed E-state index contributed by atoms with van der Waals surface area (Å²) in [5.41, 5.74) is 7.07. The van der Waals surface area contributed by atoms with Gasteiger partial charge in [0.2, 0.25) is 0 Å². The lowest BCUT2D eigenvalue weighted by Crippen LogP contribution is -1.84. The Morgan fingerprint density at radius 2 is 1.09 bits per heavy atom. The second-order valence-corrected chi connectivity index (χ2v) is 9.56. The van der Waals surface area contributed by atoms with Gasteiger partial charge in [-0.25, -0.2) is 4.98 Å². The molecule has 0 aliphatic rings. The highest BCUT2D eigenvalue weighted by Crippen LogP contribution is 2.35. The zero-order chi connectivity index (χ0) is 21.8. The Bertz CT molecular complexity index is 1810. The van der Waals surface area contributed by atoms with E-state index in [1.54, 1.807) is 0 Å². The first-order chi connectivity index (χ1) is 16.3. The van der Waals surface area contributed by atoms with Crippen LogP contribution in [0.2, 0.25) is 0 Å². The summed E-state index contributed by atoms with van der Waals surface area (Å²) in [6.07, 6.45) is 0. The van der Waals surface area contributed by atoms with Crippen molar-refractivity contribution in [1.29, 1.82) is 0 Å². The fourth-order valence-corrected chi connectivity index (χ4v) is 5.80. The molecule has 2 heteroatoms. The first kappa shape index (κ1) is 18.6. The molecule has 0 unspecified atom stereocenters. The Balaban J connectivity index is 1.28. The zero-order valence-corrected chi connectivity index (χ0v) is 18.6. The van der Waals surface area contributed by atoms with Crippen molar-refractivity contribution < 1.29 is 0 Å². The van der Waals surface area contributed by atoms with Crippen molar-refractivity contribution in [3.63, 3.8) is 0 Å². The average molecular weight is 438 g/mol. The van der Waals surface area contributed by atoms with Crippen LogP contribution in [0.25, 0.3) is 64.2 Å². The monoisotopic (exact) mass is 437 g/mol. The lowest BCUT2D eigenvalue weighted by molar-refractivity contribution is 1.52. The van der Waals surface area contributed by atoms with Gasteiger partial charge in [0.05, 0.1) is 15.7 Å². The minimum Gasteiger partial charge on any atom is -0.246 e. The molecule has 154 valence electrons. The zero-order valence-electron chi connectivity index (χ0n) is 17.8. The molecule has 7 aromatic rings. The summed E-state index contributed by atoms with van der Waals surface area (Å²) in [6.45, 7) is 0. The van der Waals surface area contributed by atoms with E-state index in [0.29, 0.717) is 0 Å². The Morgan fingerprint density at radius 1 is 0.455 bits per heavy atom. The van der Waals surface area contributed by atoms with E-state index in [1.807, 2.05) is 11.3 Å². The van der Waals surface area contributed by atoms with Crippen LogP contribution in [0.1, 0.15) is 0 Å². The van der Waals surface area contributed by atoms with Crippen LogP contribution in [-0.2, 0) is 0 Å². The summed E-state index contributed by atoms with van der Waals surface area (Å²) in [6, 6.07) is 41.4. The van der Waals surface area contributed by atoms with Crippen molar-refractivity contribution in [2.45, 2.75) is 0 Å². The van der Waals surface area contributed by atoms with Crippen LogP contribution in [-0.4, -0.2) is 4.98 Å². The Morgan fingerprint density at radius 3 is 1.91 bits per heavy atom. The SMILES string of the molecule is c1ccc2cc(-c3ccc(-c4ccc5nc6c(cc5c4)sc4ccccc46)cc3)ccc2c1. The molecule has 2 aromatic heterocycles. The topological polar surface area (TPSA) is 12.9 Å². The first-order valence-electron chi connectivity index (χ1n) is 11.1. The van der Waals surface area contributed by atoms with Gasteiger partial charge >= 0.3 is 0 Å². The first-order valence-corrected chi connectivity index (χ1v) is 12.0. The summed E-state index contributed by atoms with van der Waals surface area (Å²) in [7, 11) is 0. The van der Waals surface area contributed by atoms with E-state index in [0.717, 1.165) is 11.0 Å². The minimum atomic E-state index is 1.04. The van der Waals surface area contributed by atoms with Crippen molar-refractivity contribution in [2.75, 3.05) is 0 Å². The highest BCUT2D eigenvalue weighted by Gasteiger charge is 2.09. The van der Waals surface area contributed by atoms with E-state index in [9.17, 15) is 0 Å². The smallest absolute Gasteiger partial charge is 0.0896 e. The van der Waals surface area contributed by atoms with E-state index >= 15 is 0 Å². The predicted molar refractivity (Wildman–Crippen MR) is 143 cm³/mol. The molecule has 0 fully saturated rings. The van der Waals surface area contributed by atoms with E-state index in [1.165, 1.54) is 53.2 Å².